The molecule has 2 unspecified atom stereocenters. The quantitative estimate of drug-likeness (QED) is 0.538. The van der Waals surface area contributed by atoms with Crippen molar-refractivity contribution in [2.45, 2.75) is 25.6 Å². The SMILES string of the molecule is CN=C(NCCN1CCN(C(C)=O)CC1)N1CC2OCCN(Cc3ccccc3)C2C1. The van der Waals surface area contributed by atoms with E-state index in [1.54, 1.807) is 6.92 Å². The molecule has 0 saturated carbocycles. The molecule has 0 radical (unpaired) electrons. The molecule has 1 amide bonds. The summed E-state index contributed by atoms with van der Waals surface area (Å²) in [5.41, 5.74) is 1.36. The van der Waals surface area contributed by atoms with Crippen LogP contribution in [0.15, 0.2) is 35.3 Å². The first-order chi connectivity index (χ1) is 15.1. The van der Waals surface area contributed by atoms with Gasteiger partial charge in [0, 0.05) is 79.4 Å². The van der Waals surface area contributed by atoms with Crippen molar-refractivity contribution in [3.05, 3.63) is 35.9 Å². The van der Waals surface area contributed by atoms with Crippen LogP contribution in [0.1, 0.15) is 12.5 Å². The molecule has 8 heteroatoms. The van der Waals surface area contributed by atoms with Gasteiger partial charge in [0.15, 0.2) is 5.96 Å². The molecule has 2 atom stereocenters. The van der Waals surface area contributed by atoms with Crippen molar-refractivity contribution in [2.24, 2.45) is 4.99 Å². The van der Waals surface area contributed by atoms with Crippen LogP contribution in [0.3, 0.4) is 0 Å². The van der Waals surface area contributed by atoms with Gasteiger partial charge in [-0.1, -0.05) is 30.3 Å². The molecule has 3 fully saturated rings. The minimum Gasteiger partial charge on any atom is -0.373 e. The summed E-state index contributed by atoms with van der Waals surface area (Å²) in [5, 5.41) is 3.55. The van der Waals surface area contributed by atoms with Gasteiger partial charge < -0.3 is 19.9 Å². The fraction of sp³-hybridized carbons (Fsp3) is 0.652. The molecule has 4 rings (SSSR count). The summed E-state index contributed by atoms with van der Waals surface area (Å²) in [4.78, 5) is 25.3. The van der Waals surface area contributed by atoms with Crippen molar-refractivity contribution in [2.75, 3.05) is 72.6 Å². The maximum Gasteiger partial charge on any atom is 0.219 e. The molecule has 170 valence electrons. The van der Waals surface area contributed by atoms with Crippen LogP contribution < -0.4 is 5.32 Å². The highest BCUT2D eigenvalue weighted by molar-refractivity contribution is 5.80. The normalized spacial score (nSPS) is 25.5. The van der Waals surface area contributed by atoms with Gasteiger partial charge in [0.1, 0.15) is 0 Å². The Labute approximate surface area is 185 Å². The molecule has 3 aliphatic rings. The van der Waals surface area contributed by atoms with E-state index in [1.165, 1.54) is 5.56 Å². The number of aliphatic imine (C=N–C) groups is 1. The largest absolute Gasteiger partial charge is 0.373 e. The number of likely N-dealkylation sites (tertiary alicyclic amines) is 1. The number of piperazine rings is 1. The van der Waals surface area contributed by atoms with Gasteiger partial charge in [0.05, 0.1) is 18.8 Å². The van der Waals surface area contributed by atoms with Gasteiger partial charge in [-0.2, -0.15) is 0 Å². The van der Waals surface area contributed by atoms with E-state index >= 15 is 0 Å². The summed E-state index contributed by atoms with van der Waals surface area (Å²) >= 11 is 0. The Balaban J connectivity index is 1.25. The molecule has 1 N–H and O–H groups in total. The highest BCUT2D eigenvalue weighted by Crippen LogP contribution is 2.24. The van der Waals surface area contributed by atoms with E-state index in [2.05, 4.69) is 55.3 Å². The summed E-state index contributed by atoms with van der Waals surface area (Å²) in [5.74, 6) is 1.14. The fourth-order valence-corrected chi connectivity index (χ4v) is 4.89. The van der Waals surface area contributed by atoms with Crippen LogP contribution in [0, 0.1) is 0 Å². The molecule has 1 aromatic rings. The van der Waals surface area contributed by atoms with Crippen LogP contribution in [0.2, 0.25) is 0 Å². The second-order valence-corrected chi connectivity index (χ2v) is 8.66. The third-order valence-corrected chi connectivity index (χ3v) is 6.68. The van der Waals surface area contributed by atoms with Crippen molar-refractivity contribution in [1.29, 1.82) is 0 Å². The molecule has 31 heavy (non-hydrogen) atoms. The Bertz CT molecular complexity index is 750. The number of amides is 1. The van der Waals surface area contributed by atoms with Crippen molar-refractivity contribution in [3.63, 3.8) is 0 Å². The summed E-state index contributed by atoms with van der Waals surface area (Å²) < 4.78 is 6.12. The lowest BCUT2D eigenvalue weighted by Gasteiger charge is -2.36. The number of hydrogen-bond acceptors (Lipinski definition) is 5. The van der Waals surface area contributed by atoms with E-state index in [0.717, 1.165) is 78.0 Å². The minimum atomic E-state index is 0.178. The van der Waals surface area contributed by atoms with Gasteiger partial charge in [-0.25, -0.2) is 0 Å². The van der Waals surface area contributed by atoms with Crippen LogP contribution in [-0.4, -0.2) is 116 Å². The fourth-order valence-electron chi connectivity index (χ4n) is 4.89. The van der Waals surface area contributed by atoms with E-state index < -0.39 is 0 Å². The number of nitrogens with zero attached hydrogens (tertiary/aromatic N) is 5. The van der Waals surface area contributed by atoms with Gasteiger partial charge in [-0.3, -0.25) is 19.6 Å². The molecule has 3 heterocycles. The summed E-state index contributed by atoms with van der Waals surface area (Å²) in [7, 11) is 1.86. The van der Waals surface area contributed by atoms with Crippen molar-refractivity contribution < 1.29 is 9.53 Å². The van der Waals surface area contributed by atoms with Crippen LogP contribution in [0.5, 0.6) is 0 Å². The number of morpholine rings is 1. The summed E-state index contributed by atoms with van der Waals surface area (Å²) in [6.07, 6.45) is 0.232. The molecule has 0 aromatic heterocycles. The first kappa shape index (κ1) is 22.0. The first-order valence-electron chi connectivity index (χ1n) is 11.5. The number of guanidine groups is 1. The molecule has 0 aliphatic carbocycles. The van der Waals surface area contributed by atoms with E-state index in [-0.39, 0.29) is 12.0 Å². The summed E-state index contributed by atoms with van der Waals surface area (Å²) in [6, 6.07) is 11.1. The standard InChI is InChI=1S/C23H36N6O2/c1-19(30)27-12-10-26(11-13-27)9-8-25-23(24-2)29-17-21-22(18-29)31-15-14-28(21)16-20-6-4-3-5-7-20/h3-7,21-22H,8-18H2,1-2H3,(H,24,25). The Morgan fingerprint density at radius 1 is 1.10 bits per heavy atom. The molecular formula is C23H36N6O2. The number of ether oxygens (including phenoxy) is 1. The minimum absolute atomic E-state index is 0.178. The summed E-state index contributed by atoms with van der Waals surface area (Å²) in [6.45, 7) is 11.6. The lowest BCUT2D eigenvalue weighted by molar-refractivity contribution is -0.130. The topological polar surface area (TPSA) is 63.7 Å². The van der Waals surface area contributed by atoms with Crippen molar-refractivity contribution >= 4 is 11.9 Å². The zero-order chi connectivity index (χ0) is 21.6. The Kier molecular flexibility index (Phi) is 7.42. The van der Waals surface area contributed by atoms with Gasteiger partial charge in [-0.15, -0.1) is 0 Å². The highest BCUT2D eigenvalue weighted by Gasteiger charge is 2.41. The van der Waals surface area contributed by atoms with Crippen LogP contribution in [0.4, 0.5) is 0 Å². The number of benzene rings is 1. The zero-order valence-corrected chi connectivity index (χ0v) is 18.9. The Morgan fingerprint density at radius 3 is 2.58 bits per heavy atom. The second kappa shape index (κ2) is 10.4. The number of fused-ring (bicyclic) bond motifs is 1. The average molecular weight is 429 g/mol. The lowest BCUT2D eigenvalue weighted by Crippen LogP contribution is -2.51. The molecule has 8 nitrogen and oxygen atoms in total. The van der Waals surface area contributed by atoms with Crippen LogP contribution >= 0.6 is 0 Å². The van der Waals surface area contributed by atoms with Gasteiger partial charge >= 0.3 is 0 Å². The predicted molar refractivity (Wildman–Crippen MR) is 122 cm³/mol. The molecule has 1 aromatic carbocycles. The monoisotopic (exact) mass is 428 g/mol. The molecule has 3 aliphatic heterocycles. The lowest BCUT2D eigenvalue weighted by atomic mass is 10.1. The number of carbonyl (C=O) groups excluding carboxylic acids is 1. The number of carbonyl (C=O) groups is 1. The molecule has 0 bridgehead atoms. The number of rotatable bonds is 5. The van der Waals surface area contributed by atoms with Gasteiger partial charge in [0.2, 0.25) is 5.91 Å². The van der Waals surface area contributed by atoms with Gasteiger partial charge in [0.25, 0.3) is 0 Å². The first-order valence-corrected chi connectivity index (χ1v) is 11.5. The maximum atomic E-state index is 11.5. The predicted octanol–water partition coefficient (Wildman–Crippen LogP) is 0.311. The van der Waals surface area contributed by atoms with Gasteiger partial charge in [-0.05, 0) is 5.56 Å². The Morgan fingerprint density at radius 2 is 1.87 bits per heavy atom. The Hall–Kier alpha value is -2.16. The third-order valence-electron chi connectivity index (χ3n) is 6.68. The smallest absolute Gasteiger partial charge is 0.219 e. The number of hydrogen-bond donors (Lipinski definition) is 1. The van der Waals surface area contributed by atoms with E-state index in [4.69, 9.17) is 4.74 Å². The van der Waals surface area contributed by atoms with Crippen molar-refractivity contribution in [3.8, 4) is 0 Å². The van der Waals surface area contributed by atoms with Crippen molar-refractivity contribution in [1.82, 2.24) is 24.9 Å². The molecule has 0 spiro atoms. The molecular weight excluding hydrogens is 392 g/mol. The van der Waals surface area contributed by atoms with Crippen LogP contribution in [0.25, 0.3) is 0 Å². The van der Waals surface area contributed by atoms with E-state index in [1.807, 2.05) is 11.9 Å². The average Bonchev–Trinajstić information content (AvgIpc) is 3.23. The van der Waals surface area contributed by atoms with E-state index in [9.17, 15) is 4.79 Å². The third kappa shape index (κ3) is 5.56. The van der Waals surface area contributed by atoms with E-state index in [0.29, 0.717) is 6.04 Å². The highest BCUT2D eigenvalue weighted by atomic mass is 16.5. The number of nitrogens with one attached hydrogen (secondary N) is 1. The zero-order valence-electron chi connectivity index (χ0n) is 18.9. The maximum absolute atomic E-state index is 11.5. The molecule has 3 saturated heterocycles. The van der Waals surface area contributed by atoms with Crippen LogP contribution in [-0.2, 0) is 16.1 Å². The second-order valence-electron chi connectivity index (χ2n) is 8.66.